The number of rotatable bonds is 4. The number of nitrogens with zero attached hydrogens (tertiary/aromatic N) is 2. The molecule has 152 valence electrons. The van der Waals surface area contributed by atoms with Crippen LogP contribution in [0.1, 0.15) is 31.0 Å². The molecule has 7 heteroatoms. The molecule has 0 saturated carbocycles. The fraction of sp³-hybridized carbons (Fsp3) is 0.174. The molecule has 0 fully saturated rings. The van der Waals surface area contributed by atoms with Crippen LogP contribution in [0.3, 0.4) is 0 Å². The fourth-order valence-corrected chi connectivity index (χ4v) is 4.86. The van der Waals surface area contributed by atoms with Crippen LogP contribution in [0.15, 0.2) is 75.7 Å². The van der Waals surface area contributed by atoms with Crippen molar-refractivity contribution in [3.63, 3.8) is 0 Å². The minimum atomic E-state index is -0.569. The monoisotopic (exact) mass is 530 g/mol. The van der Waals surface area contributed by atoms with E-state index in [0.717, 1.165) is 14.7 Å². The lowest BCUT2D eigenvalue weighted by molar-refractivity contribution is -0.139. The third kappa shape index (κ3) is 3.91. The lowest BCUT2D eigenvalue weighted by Crippen LogP contribution is -2.39. The molecule has 0 radical (unpaired) electrons. The van der Waals surface area contributed by atoms with E-state index < -0.39 is 12.0 Å². The Morgan fingerprint density at radius 3 is 2.57 bits per heavy atom. The minimum absolute atomic E-state index is 0.166. The number of esters is 1. The number of ether oxygens (including phenoxy) is 1. The van der Waals surface area contributed by atoms with E-state index in [9.17, 15) is 9.59 Å². The lowest BCUT2D eigenvalue weighted by atomic mass is 9.96. The Labute approximate surface area is 191 Å². The van der Waals surface area contributed by atoms with Crippen molar-refractivity contribution in [3.8, 4) is 0 Å². The summed E-state index contributed by atoms with van der Waals surface area (Å²) in [4.78, 5) is 31.4. The van der Waals surface area contributed by atoms with Crippen LogP contribution in [0.4, 0.5) is 0 Å². The van der Waals surface area contributed by atoms with E-state index >= 15 is 0 Å². The van der Waals surface area contributed by atoms with E-state index in [1.165, 1.54) is 11.3 Å². The van der Waals surface area contributed by atoms with Crippen LogP contribution < -0.4 is 14.9 Å². The molecule has 1 aliphatic heterocycles. The summed E-state index contributed by atoms with van der Waals surface area (Å²) in [6.45, 7) is 3.81. The number of fused-ring (bicyclic) bond motifs is 1. The summed E-state index contributed by atoms with van der Waals surface area (Å²) in [6.07, 6.45) is 1.87. The quantitative estimate of drug-likeness (QED) is 0.384. The fourth-order valence-electron chi connectivity index (χ4n) is 3.45. The van der Waals surface area contributed by atoms with Crippen molar-refractivity contribution in [2.24, 2.45) is 4.99 Å². The first-order valence-electron chi connectivity index (χ1n) is 9.49. The number of benzene rings is 2. The van der Waals surface area contributed by atoms with Gasteiger partial charge in [0.2, 0.25) is 0 Å². The first kappa shape index (κ1) is 20.7. The zero-order valence-corrected chi connectivity index (χ0v) is 19.4. The standard InChI is InChI=1S/C23H19IN2O3S/c1-3-29-22(28)19-14(2)25-23-26(20(19)16-7-5-4-6-8-16)21(27)18(30-23)13-15-9-11-17(24)12-10-15/h4-13,20H,3H2,1-2H3. The number of hydrogen-bond donors (Lipinski definition) is 0. The summed E-state index contributed by atoms with van der Waals surface area (Å²) in [5.74, 6) is -0.445. The molecule has 2 aromatic carbocycles. The molecule has 1 unspecified atom stereocenters. The second kappa shape index (κ2) is 8.69. The molecule has 30 heavy (non-hydrogen) atoms. The SMILES string of the molecule is CCOC(=O)C1=C(C)N=c2sc(=Cc3ccc(I)cc3)c(=O)n2C1c1ccccc1. The van der Waals surface area contributed by atoms with Crippen LogP contribution in [0.25, 0.3) is 6.08 Å². The van der Waals surface area contributed by atoms with Crippen molar-refractivity contribution in [3.05, 3.63) is 100 Å². The maximum Gasteiger partial charge on any atom is 0.338 e. The third-order valence-corrected chi connectivity index (χ3v) is 6.50. The number of aromatic nitrogens is 1. The van der Waals surface area contributed by atoms with Gasteiger partial charge in [0, 0.05) is 3.57 Å². The van der Waals surface area contributed by atoms with Crippen molar-refractivity contribution in [2.75, 3.05) is 6.61 Å². The maximum absolute atomic E-state index is 13.4. The normalized spacial score (nSPS) is 16.2. The van der Waals surface area contributed by atoms with Crippen LogP contribution in [0.5, 0.6) is 0 Å². The van der Waals surface area contributed by atoms with E-state index in [0.29, 0.717) is 20.6 Å². The molecule has 0 spiro atoms. The molecular weight excluding hydrogens is 511 g/mol. The van der Waals surface area contributed by atoms with Crippen molar-refractivity contribution in [2.45, 2.75) is 19.9 Å². The van der Waals surface area contributed by atoms with Gasteiger partial charge in [0.25, 0.3) is 5.56 Å². The average Bonchev–Trinajstić information content (AvgIpc) is 3.04. The van der Waals surface area contributed by atoms with Gasteiger partial charge in [-0.2, -0.15) is 0 Å². The van der Waals surface area contributed by atoms with Gasteiger partial charge in [0.1, 0.15) is 0 Å². The highest BCUT2D eigenvalue weighted by atomic mass is 127. The maximum atomic E-state index is 13.4. The summed E-state index contributed by atoms with van der Waals surface area (Å²) in [7, 11) is 0. The highest BCUT2D eigenvalue weighted by Gasteiger charge is 2.33. The molecule has 1 aromatic heterocycles. The van der Waals surface area contributed by atoms with Crippen molar-refractivity contribution < 1.29 is 9.53 Å². The summed E-state index contributed by atoms with van der Waals surface area (Å²) in [5.41, 5.74) is 2.59. The van der Waals surface area contributed by atoms with Crippen molar-refractivity contribution in [1.29, 1.82) is 0 Å². The second-order valence-corrected chi connectivity index (χ2v) is 9.02. The Kier molecular flexibility index (Phi) is 6.01. The zero-order chi connectivity index (χ0) is 21.3. The van der Waals surface area contributed by atoms with Crippen molar-refractivity contribution in [1.82, 2.24) is 4.57 Å². The molecule has 4 rings (SSSR count). The number of hydrogen-bond acceptors (Lipinski definition) is 5. The second-order valence-electron chi connectivity index (χ2n) is 6.76. The molecule has 2 heterocycles. The van der Waals surface area contributed by atoms with Crippen LogP contribution in [-0.2, 0) is 9.53 Å². The third-order valence-electron chi connectivity index (χ3n) is 4.80. The molecule has 0 bridgehead atoms. The van der Waals surface area contributed by atoms with Gasteiger partial charge in [-0.15, -0.1) is 0 Å². The molecule has 0 aliphatic carbocycles. The minimum Gasteiger partial charge on any atom is -0.463 e. The van der Waals surface area contributed by atoms with Gasteiger partial charge in [-0.25, -0.2) is 9.79 Å². The van der Waals surface area contributed by atoms with E-state index in [4.69, 9.17) is 4.74 Å². The average molecular weight is 530 g/mol. The predicted octanol–water partition coefficient (Wildman–Crippen LogP) is 3.40. The van der Waals surface area contributed by atoms with E-state index in [1.54, 1.807) is 18.4 Å². The summed E-state index contributed by atoms with van der Waals surface area (Å²) in [6, 6.07) is 16.9. The molecule has 1 atom stereocenters. The first-order chi connectivity index (χ1) is 14.5. The Bertz CT molecular complexity index is 1310. The van der Waals surface area contributed by atoms with Crippen LogP contribution in [0, 0.1) is 3.57 Å². The van der Waals surface area contributed by atoms with Gasteiger partial charge in [0.15, 0.2) is 4.80 Å². The topological polar surface area (TPSA) is 60.7 Å². The van der Waals surface area contributed by atoms with E-state index in [1.807, 2.05) is 60.7 Å². The summed E-state index contributed by atoms with van der Waals surface area (Å²) < 4.78 is 8.61. The molecule has 5 nitrogen and oxygen atoms in total. The van der Waals surface area contributed by atoms with E-state index in [2.05, 4.69) is 27.6 Å². The summed E-state index contributed by atoms with van der Waals surface area (Å²) in [5, 5.41) is 0. The first-order valence-corrected chi connectivity index (χ1v) is 11.4. The van der Waals surface area contributed by atoms with Gasteiger partial charge >= 0.3 is 5.97 Å². The summed E-state index contributed by atoms with van der Waals surface area (Å²) >= 11 is 3.58. The van der Waals surface area contributed by atoms with Gasteiger partial charge in [-0.1, -0.05) is 53.8 Å². The zero-order valence-electron chi connectivity index (χ0n) is 16.5. The molecule has 0 saturated heterocycles. The van der Waals surface area contributed by atoms with Gasteiger partial charge in [0.05, 0.1) is 28.5 Å². The lowest BCUT2D eigenvalue weighted by Gasteiger charge is -2.24. The Morgan fingerprint density at radius 2 is 1.90 bits per heavy atom. The Balaban J connectivity index is 1.94. The van der Waals surface area contributed by atoms with Crippen molar-refractivity contribution >= 4 is 46.0 Å². The van der Waals surface area contributed by atoms with Gasteiger partial charge in [-0.05, 0) is 65.8 Å². The van der Waals surface area contributed by atoms with E-state index in [-0.39, 0.29) is 12.2 Å². The smallest absolute Gasteiger partial charge is 0.338 e. The number of carbonyl (C=O) groups excluding carboxylic acids is 1. The van der Waals surface area contributed by atoms with Crippen LogP contribution in [0.2, 0.25) is 0 Å². The number of allylic oxidation sites excluding steroid dienone is 1. The molecule has 0 amide bonds. The van der Waals surface area contributed by atoms with Crippen LogP contribution in [-0.4, -0.2) is 17.1 Å². The molecule has 1 aliphatic rings. The molecule has 3 aromatic rings. The number of thiazole rings is 1. The highest BCUT2D eigenvalue weighted by molar-refractivity contribution is 14.1. The molecule has 0 N–H and O–H groups in total. The van der Waals surface area contributed by atoms with Gasteiger partial charge in [-0.3, -0.25) is 9.36 Å². The number of carbonyl (C=O) groups is 1. The Hall–Kier alpha value is -2.52. The molecular formula is C23H19IN2O3S. The Morgan fingerprint density at radius 1 is 1.20 bits per heavy atom. The highest BCUT2D eigenvalue weighted by Crippen LogP contribution is 2.30. The largest absolute Gasteiger partial charge is 0.463 e. The number of halogens is 1. The van der Waals surface area contributed by atoms with Crippen LogP contribution >= 0.6 is 33.9 Å². The van der Waals surface area contributed by atoms with Gasteiger partial charge < -0.3 is 4.74 Å². The predicted molar refractivity (Wildman–Crippen MR) is 126 cm³/mol.